The van der Waals surface area contributed by atoms with E-state index in [1.807, 2.05) is 13.1 Å². The number of alkyl halides is 1. The molecular formula is C24H34FN3. The molecule has 0 saturated carbocycles. The molecule has 0 aliphatic carbocycles. The Morgan fingerprint density at radius 3 is 2.36 bits per heavy atom. The molecule has 0 radical (unpaired) electrons. The Labute approximate surface area is 168 Å². The van der Waals surface area contributed by atoms with E-state index in [-0.39, 0.29) is 6.67 Å². The van der Waals surface area contributed by atoms with Gasteiger partial charge in [0.25, 0.3) is 0 Å². The first kappa shape index (κ1) is 22.1. The van der Waals surface area contributed by atoms with Crippen LogP contribution in [0.25, 0.3) is 22.3 Å². The van der Waals surface area contributed by atoms with Gasteiger partial charge in [0, 0.05) is 23.1 Å². The summed E-state index contributed by atoms with van der Waals surface area (Å²) < 4.78 is 11.0. The van der Waals surface area contributed by atoms with Crippen molar-refractivity contribution in [3.05, 3.63) is 46.9 Å². The Balaban J connectivity index is 0.000000500. The number of aromatic nitrogens is 3. The maximum absolute atomic E-state index is 11.0. The van der Waals surface area contributed by atoms with Crippen molar-refractivity contribution < 1.29 is 4.39 Å². The minimum Gasteiger partial charge on any atom is -0.360 e. The zero-order valence-electron chi connectivity index (χ0n) is 18.2. The highest BCUT2D eigenvalue weighted by atomic mass is 19.1. The van der Waals surface area contributed by atoms with Gasteiger partial charge in [-0.05, 0) is 61.4 Å². The molecule has 0 fully saturated rings. The lowest BCUT2D eigenvalue weighted by atomic mass is 9.99. The van der Waals surface area contributed by atoms with Gasteiger partial charge in [-0.1, -0.05) is 41.0 Å². The van der Waals surface area contributed by atoms with Crippen molar-refractivity contribution in [3.8, 4) is 11.3 Å². The van der Waals surface area contributed by atoms with E-state index in [0.717, 1.165) is 53.8 Å². The second kappa shape index (κ2) is 10.4. The fourth-order valence-corrected chi connectivity index (χ4v) is 3.18. The van der Waals surface area contributed by atoms with Crippen molar-refractivity contribution >= 4 is 11.0 Å². The lowest BCUT2D eigenvalue weighted by molar-refractivity contribution is 0.469. The van der Waals surface area contributed by atoms with Crippen LogP contribution in [0.3, 0.4) is 0 Å². The summed E-state index contributed by atoms with van der Waals surface area (Å²) in [6, 6.07) is 6.59. The topological polar surface area (TPSA) is 41.6 Å². The molecule has 3 nitrogen and oxygen atoms in total. The van der Waals surface area contributed by atoms with Gasteiger partial charge < -0.3 is 4.98 Å². The predicted molar refractivity (Wildman–Crippen MR) is 118 cm³/mol. The Morgan fingerprint density at radius 1 is 1.07 bits per heavy atom. The first-order valence-corrected chi connectivity index (χ1v) is 10.5. The molecule has 3 rings (SSSR count). The summed E-state index contributed by atoms with van der Waals surface area (Å²) in [6.07, 6.45) is 5.61. The van der Waals surface area contributed by atoms with Gasteiger partial charge in [0.05, 0.1) is 23.4 Å². The monoisotopic (exact) mass is 383 g/mol. The Hall–Kier alpha value is -2.23. The van der Waals surface area contributed by atoms with E-state index in [1.165, 1.54) is 16.7 Å². The summed E-state index contributed by atoms with van der Waals surface area (Å²) in [5.41, 5.74) is 9.20. The predicted octanol–water partition coefficient (Wildman–Crippen LogP) is 6.94. The number of nitrogens with one attached hydrogen (secondary N) is 1. The van der Waals surface area contributed by atoms with E-state index in [2.05, 4.69) is 57.8 Å². The smallest absolute Gasteiger partial charge is 0.0915 e. The number of unbranched alkanes of at least 4 members (excludes halogenated alkanes) is 1. The average Bonchev–Trinajstić information content (AvgIpc) is 3.07. The lowest BCUT2D eigenvalue weighted by Crippen LogP contribution is -2.02. The van der Waals surface area contributed by atoms with Crippen LogP contribution in [0.15, 0.2) is 24.4 Å². The van der Waals surface area contributed by atoms with Gasteiger partial charge in [-0.2, -0.15) is 0 Å². The van der Waals surface area contributed by atoms with Gasteiger partial charge >= 0.3 is 0 Å². The van der Waals surface area contributed by atoms with Gasteiger partial charge in [-0.15, -0.1) is 0 Å². The number of rotatable bonds is 6. The third-order valence-electron chi connectivity index (χ3n) is 4.96. The lowest BCUT2D eigenvalue weighted by Gasteiger charge is -2.14. The summed E-state index contributed by atoms with van der Waals surface area (Å²) in [5.74, 6) is 0.447. The zero-order valence-corrected chi connectivity index (χ0v) is 18.2. The van der Waals surface area contributed by atoms with Gasteiger partial charge in [0.1, 0.15) is 0 Å². The fraction of sp³-hybridized carbons (Fsp3) is 0.500. The van der Waals surface area contributed by atoms with Crippen LogP contribution in [0, 0.1) is 6.92 Å². The summed E-state index contributed by atoms with van der Waals surface area (Å²) in [4.78, 5) is 13.2. The minimum atomic E-state index is -0.156. The van der Waals surface area contributed by atoms with E-state index in [4.69, 9.17) is 9.97 Å². The van der Waals surface area contributed by atoms with Crippen molar-refractivity contribution in [3.63, 3.8) is 0 Å². The van der Waals surface area contributed by atoms with E-state index in [0.29, 0.717) is 5.92 Å². The maximum Gasteiger partial charge on any atom is 0.0915 e. The van der Waals surface area contributed by atoms with Gasteiger partial charge in [-0.25, -0.2) is 4.98 Å². The van der Waals surface area contributed by atoms with Crippen LogP contribution < -0.4 is 0 Å². The average molecular weight is 384 g/mol. The van der Waals surface area contributed by atoms with E-state index >= 15 is 0 Å². The summed E-state index contributed by atoms with van der Waals surface area (Å²) in [5, 5.41) is 0. The number of aryl methyl sites for hydroxylation is 3. The van der Waals surface area contributed by atoms with Crippen molar-refractivity contribution in [2.24, 2.45) is 0 Å². The third kappa shape index (κ3) is 4.98. The number of pyridine rings is 2. The number of aromatic amines is 1. The highest BCUT2D eigenvalue weighted by Gasteiger charge is 2.15. The molecule has 0 bridgehead atoms. The summed E-state index contributed by atoms with van der Waals surface area (Å²) in [7, 11) is 0. The molecule has 0 unspecified atom stereocenters. The van der Waals surface area contributed by atoms with Crippen molar-refractivity contribution in [2.75, 3.05) is 6.67 Å². The molecule has 1 N–H and O–H groups in total. The standard InChI is InChI=1S/C20H25N3.C4H9F/c1-6-14-10-18-19(13(5)11-21-18)23-20(14)15-8-9-17(12(3)4)22-16(15)7-2;1-2-3-4-5/h8-12,21H,6-7H2,1-5H3;2-4H2,1H3. The fourth-order valence-electron chi connectivity index (χ4n) is 3.18. The second-order valence-corrected chi connectivity index (χ2v) is 7.50. The number of halogens is 1. The quantitative estimate of drug-likeness (QED) is 0.501. The highest BCUT2D eigenvalue weighted by Crippen LogP contribution is 2.30. The number of fused-ring (bicyclic) bond motifs is 1. The second-order valence-electron chi connectivity index (χ2n) is 7.50. The van der Waals surface area contributed by atoms with Crippen LogP contribution in [0.4, 0.5) is 4.39 Å². The van der Waals surface area contributed by atoms with Crippen LogP contribution in [-0.2, 0) is 12.8 Å². The Morgan fingerprint density at radius 2 is 1.82 bits per heavy atom. The molecule has 0 aromatic carbocycles. The van der Waals surface area contributed by atoms with Gasteiger partial charge in [0.2, 0.25) is 0 Å². The molecule has 28 heavy (non-hydrogen) atoms. The van der Waals surface area contributed by atoms with Crippen LogP contribution in [0.1, 0.15) is 75.9 Å². The van der Waals surface area contributed by atoms with E-state index in [9.17, 15) is 4.39 Å². The van der Waals surface area contributed by atoms with Crippen molar-refractivity contribution in [1.82, 2.24) is 15.0 Å². The molecule has 3 heterocycles. The molecule has 0 amide bonds. The largest absolute Gasteiger partial charge is 0.360 e. The van der Waals surface area contributed by atoms with Crippen LogP contribution in [0.5, 0.6) is 0 Å². The molecule has 3 aromatic heterocycles. The van der Waals surface area contributed by atoms with Crippen LogP contribution >= 0.6 is 0 Å². The van der Waals surface area contributed by atoms with E-state index in [1.54, 1.807) is 0 Å². The molecular weight excluding hydrogens is 349 g/mol. The van der Waals surface area contributed by atoms with Crippen molar-refractivity contribution in [2.45, 2.75) is 73.1 Å². The summed E-state index contributed by atoms with van der Waals surface area (Å²) >= 11 is 0. The number of hydrogen-bond donors (Lipinski definition) is 1. The molecule has 0 atom stereocenters. The highest BCUT2D eigenvalue weighted by molar-refractivity contribution is 5.83. The molecule has 3 aromatic rings. The third-order valence-corrected chi connectivity index (χ3v) is 4.96. The molecule has 0 saturated heterocycles. The number of nitrogens with zero attached hydrogens (tertiary/aromatic N) is 2. The summed E-state index contributed by atoms with van der Waals surface area (Å²) in [6.45, 7) is 12.6. The minimum absolute atomic E-state index is 0.156. The molecule has 0 aliphatic rings. The zero-order chi connectivity index (χ0) is 20.7. The molecule has 0 spiro atoms. The SMILES string of the molecule is CCCCF.CCc1cc2[nH]cc(C)c2nc1-c1ccc(C(C)C)nc1CC. The normalized spacial score (nSPS) is 11.0. The van der Waals surface area contributed by atoms with Crippen molar-refractivity contribution in [1.29, 1.82) is 0 Å². The van der Waals surface area contributed by atoms with Gasteiger partial charge in [0.15, 0.2) is 0 Å². The van der Waals surface area contributed by atoms with Gasteiger partial charge in [-0.3, -0.25) is 9.37 Å². The Kier molecular flexibility index (Phi) is 8.16. The number of hydrogen-bond acceptors (Lipinski definition) is 2. The molecule has 152 valence electrons. The number of H-pyrrole nitrogens is 1. The maximum atomic E-state index is 11.0. The van der Waals surface area contributed by atoms with E-state index < -0.39 is 0 Å². The molecule has 0 aliphatic heterocycles. The van der Waals surface area contributed by atoms with Crippen LogP contribution in [-0.4, -0.2) is 21.6 Å². The first-order valence-electron chi connectivity index (χ1n) is 10.5. The molecule has 4 heteroatoms. The Bertz CT molecular complexity index is 894. The first-order chi connectivity index (χ1) is 13.5. The van der Waals surface area contributed by atoms with Crippen LogP contribution in [0.2, 0.25) is 0 Å².